The van der Waals surface area contributed by atoms with Gasteiger partial charge in [-0.15, -0.1) is 0 Å². The third-order valence-electron chi connectivity index (χ3n) is 4.82. The van der Waals surface area contributed by atoms with Gasteiger partial charge in [0.15, 0.2) is 12.4 Å². The first-order valence-corrected chi connectivity index (χ1v) is 9.29. The van der Waals surface area contributed by atoms with Gasteiger partial charge in [0.1, 0.15) is 5.76 Å². The van der Waals surface area contributed by atoms with E-state index in [4.69, 9.17) is 9.26 Å². The highest BCUT2D eigenvalue weighted by atomic mass is 16.5. The average molecular weight is 380 g/mol. The minimum atomic E-state index is -0.386. The van der Waals surface area contributed by atoms with Crippen LogP contribution in [-0.4, -0.2) is 28.1 Å². The van der Waals surface area contributed by atoms with E-state index in [-0.39, 0.29) is 24.3 Å². The number of aromatic nitrogens is 2. The lowest BCUT2D eigenvalue weighted by Gasteiger charge is -2.14. The molecule has 0 aliphatic carbocycles. The Morgan fingerprint density at radius 2 is 1.86 bits per heavy atom. The van der Waals surface area contributed by atoms with E-state index in [1.165, 1.54) is 0 Å². The Morgan fingerprint density at radius 1 is 1.14 bits per heavy atom. The van der Waals surface area contributed by atoms with E-state index in [1.54, 1.807) is 12.1 Å². The quantitative estimate of drug-likeness (QED) is 0.451. The Kier molecular flexibility index (Phi) is 5.78. The molecule has 0 fully saturated rings. The Hall–Kier alpha value is -3.15. The predicted molar refractivity (Wildman–Crippen MR) is 105 cm³/mol. The Balaban J connectivity index is 1.72. The molecule has 0 N–H and O–H groups in total. The molecule has 0 saturated carbocycles. The second kappa shape index (κ2) is 8.25. The van der Waals surface area contributed by atoms with Gasteiger partial charge in [0.25, 0.3) is 0 Å². The van der Waals surface area contributed by atoms with Crippen LogP contribution in [0, 0.1) is 20.8 Å². The standard InChI is InChI=1S/C22H24N2O4/c1-5-18(17-9-7-6-8-10-17)22(26)27-13-20(25)19-11-14(2)24(16(19)4)21-12-15(3)28-23-21/h6-12,18H,5,13H2,1-4H3/t18-/m1/s1. The Morgan fingerprint density at radius 3 is 2.46 bits per heavy atom. The van der Waals surface area contributed by atoms with E-state index in [1.807, 2.05) is 62.6 Å². The molecule has 146 valence electrons. The molecule has 6 heteroatoms. The van der Waals surface area contributed by atoms with Crippen molar-refractivity contribution in [3.8, 4) is 5.82 Å². The molecule has 28 heavy (non-hydrogen) atoms. The first kappa shape index (κ1) is 19.6. The van der Waals surface area contributed by atoms with Gasteiger partial charge >= 0.3 is 5.97 Å². The number of ether oxygens (including phenoxy) is 1. The number of rotatable bonds is 7. The van der Waals surface area contributed by atoms with Crippen molar-refractivity contribution in [2.24, 2.45) is 0 Å². The van der Waals surface area contributed by atoms with Crippen LogP contribution in [0.25, 0.3) is 5.82 Å². The van der Waals surface area contributed by atoms with Crippen molar-refractivity contribution >= 4 is 11.8 Å². The van der Waals surface area contributed by atoms with Crippen LogP contribution in [-0.2, 0) is 9.53 Å². The molecule has 0 bridgehead atoms. The molecule has 0 saturated heterocycles. The van der Waals surface area contributed by atoms with Gasteiger partial charge in [-0.05, 0) is 38.8 Å². The van der Waals surface area contributed by atoms with Crippen molar-refractivity contribution < 1.29 is 18.8 Å². The summed E-state index contributed by atoms with van der Waals surface area (Å²) in [5, 5.41) is 4.01. The molecule has 0 unspecified atom stereocenters. The van der Waals surface area contributed by atoms with Crippen molar-refractivity contribution in [2.45, 2.75) is 40.0 Å². The smallest absolute Gasteiger partial charge is 0.313 e. The third-order valence-corrected chi connectivity index (χ3v) is 4.82. The van der Waals surface area contributed by atoms with Gasteiger partial charge in [-0.3, -0.25) is 14.2 Å². The summed E-state index contributed by atoms with van der Waals surface area (Å²) >= 11 is 0. The van der Waals surface area contributed by atoms with Crippen LogP contribution in [0.5, 0.6) is 0 Å². The number of Topliss-reactive ketones (excluding diaryl/α,β-unsaturated/α-hetero) is 1. The highest BCUT2D eigenvalue weighted by Crippen LogP contribution is 2.23. The van der Waals surface area contributed by atoms with E-state index in [2.05, 4.69) is 5.16 Å². The normalized spacial score (nSPS) is 12.0. The number of carbonyl (C=O) groups is 2. The highest BCUT2D eigenvalue weighted by molar-refractivity contribution is 5.99. The summed E-state index contributed by atoms with van der Waals surface area (Å²) in [6, 6.07) is 13.0. The van der Waals surface area contributed by atoms with Crippen LogP contribution < -0.4 is 0 Å². The lowest BCUT2D eigenvalue weighted by molar-refractivity contribution is -0.144. The number of hydrogen-bond donors (Lipinski definition) is 0. The summed E-state index contributed by atoms with van der Waals surface area (Å²) < 4.78 is 12.3. The summed E-state index contributed by atoms with van der Waals surface area (Å²) in [5.41, 5.74) is 3.00. The maximum absolute atomic E-state index is 12.7. The molecule has 0 radical (unpaired) electrons. The summed E-state index contributed by atoms with van der Waals surface area (Å²) in [6.07, 6.45) is 0.608. The van der Waals surface area contributed by atoms with Crippen molar-refractivity contribution in [3.63, 3.8) is 0 Å². The van der Waals surface area contributed by atoms with E-state index in [0.717, 1.165) is 17.0 Å². The molecule has 3 rings (SSSR count). The van der Waals surface area contributed by atoms with E-state index in [0.29, 0.717) is 23.6 Å². The maximum Gasteiger partial charge on any atom is 0.313 e. The molecular formula is C22H24N2O4. The number of nitrogens with zero attached hydrogens (tertiary/aromatic N) is 2. The van der Waals surface area contributed by atoms with E-state index < -0.39 is 0 Å². The van der Waals surface area contributed by atoms with Crippen LogP contribution in [0.15, 0.2) is 47.0 Å². The minimum absolute atomic E-state index is 0.240. The molecular weight excluding hydrogens is 356 g/mol. The van der Waals surface area contributed by atoms with Crippen LogP contribution in [0.3, 0.4) is 0 Å². The van der Waals surface area contributed by atoms with Gasteiger partial charge in [0, 0.05) is 23.0 Å². The first-order chi connectivity index (χ1) is 13.4. The van der Waals surface area contributed by atoms with Gasteiger partial charge in [0.2, 0.25) is 5.78 Å². The maximum atomic E-state index is 12.7. The van der Waals surface area contributed by atoms with Crippen molar-refractivity contribution in [1.29, 1.82) is 0 Å². The molecule has 2 aromatic heterocycles. The fourth-order valence-electron chi connectivity index (χ4n) is 3.40. The molecule has 3 aromatic rings. The van der Waals surface area contributed by atoms with Gasteiger partial charge in [0.05, 0.1) is 5.92 Å². The van der Waals surface area contributed by atoms with Crippen LogP contribution in [0.2, 0.25) is 0 Å². The zero-order chi connectivity index (χ0) is 20.3. The van der Waals surface area contributed by atoms with Crippen molar-refractivity contribution in [1.82, 2.24) is 9.72 Å². The highest BCUT2D eigenvalue weighted by Gasteiger charge is 2.23. The molecule has 2 heterocycles. The number of benzene rings is 1. The summed E-state index contributed by atoms with van der Waals surface area (Å²) in [7, 11) is 0. The lowest BCUT2D eigenvalue weighted by atomic mass is 9.97. The summed E-state index contributed by atoms with van der Waals surface area (Å²) in [4.78, 5) is 25.2. The van der Waals surface area contributed by atoms with Crippen molar-refractivity contribution in [3.05, 3.63) is 70.7 Å². The molecule has 1 atom stereocenters. The second-order valence-electron chi connectivity index (χ2n) is 6.82. The molecule has 0 aliphatic rings. The molecule has 6 nitrogen and oxygen atoms in total. The average Bonchev–Trinajstić information content (AvgIpc) is 3.23. The van der Waals surface area contributed by atoms with Crippen LogP contribution >= 0.6 is 0 Å². The molecule has 0 spiro atoms. The van der Waals surface area contributed by atoms with Gasteiger partial charge in [-0.2, -0.15) is 0 Å². The second-order valence-corrected chi connectivity index (χ2v) is 6.82. The van der Waals surface area contributed by atoms with Crippen LogP contribution in [0.4, 0.5) is 0 Å². The number of aryl methyl sites for hydroxylation is 2. The fourth-order valence-corrected chi connectivity index (χ4v) is 3.40. The number of ketones is 1. The minimum Gasteiger partial charge on any atom is -0.457 e. The molecule has 0 aliphatic heterocycles. The molecule has 0 amide bonds. The van der Waals surface area contributed by atoms with Gasteiger partial charge in [-0.25, -0.2) is 0 Å². The fraction of sp³-hybridized carbons (Fsp3) is 0.318. The first-order valence-electron chi connectivity index (χ1n) is 9.29. The number of carbonyl (C=O) groups excluding carboxylic acids is 2. The number of esters is 1. The van der Waals surface area contributed by atoms with Gasteiger partial charge < -0.3 is 9.26 Å². The third kappa shape index (κ3) is 3.91. The topological polar surface area (TPSA) is 74.3 Å². The zero-order valence-corrected chi connectivity index (χ0v) is 16.6. The van der Waals surface area contributed by atoms with E-state index in [9.17, 15) is 9.59 Å². The zero-order valence-electron chi connectivity index (χ0n) is 16.6. The van der Waals surface area contributed by atoms with Crippen LogP contribution in [0.1, 0.15) is 52.3 Å². The monoisotopic (exact) mass is 380 g/mol. The summed E-state index contributed by atoms with van der Waals surface area (Å²) in [5.74, 6) is 0.313. The lowest BCUT2D eigenvalue weighted by Crippen LogP contribution is -2.20. The largest absolute Gasteiger partial charge is 0.457 e. The number of hydrogen-bond acceptors (Lipinski definition) is 5. The summed E-state index contributed by atoms with van der Waals surface area (Å²) in [6.45, 7) is 7.18. The van der Waals surface area contributed by atoms with Gasteiger partial charge in [-0.1, -0.05) is 42.4 Å². The SMILES string of the molecule is CC[C@@H](C(=O)OCC(=O)c1cc(C)n(-c2cc(C)on2)c1C)c1ccccc1. The Bertz CT molecular complexity index is 985. The predicted octanol–water partition coefficient (Wildman–Crippen LogP) is 4.31. The molecule has 1 aromatic carbocycles. The van der Waals surface area contributed by atoms with E-state index >= 15 is 0 Å². The Labute approximate surface area is 164 Å². The van der Waals surface area contributed by atoms with Crippen molar-refractivity contribution in [2.75, 3.05) is 6.61 Å².